The first-order valence-electron chi connectivity index (χ1n) is 9.58. The molecule has 2 aromatic heterocycles. The summed E-state index contributed by atoms with van der Waals surface area (Å²) < 4.78 is 7.75. The van der Waals surface area contributed by atoms with Gasteiger partial charge < -0.3 is 14.3 Å². The van der Waals surface area contributed by atoms with Crippen LogP contribution in [0.2, 0.25) is 0 Å². The van der Waals surface area contributed by atoms with Crippen molar-refractivity contribution in [2.75, 3.05) is 0 Å². The summed E-state index contributed by atoms with van der Waals surface area (Å²) in [5.74, 6) is 1.01. The van der Waals surface area contributed by atoms with Crippen molar-refractivity contribution in [1.29, 1.82) is 0 Å². The van der Waals surface area contributed by atoms with Crippen molar-refractivity contribution in [3.8, 4) is 0 Å². The minimum atomic E-state index is 0.0436. The van der Waals surface area contributed by atoms with Crippen LogP contribution in [0.25, 0.3) is 0 Å². The Morgan fingerprint density at radius 1 is 1.32 bits per heavy atom. The van der Waals surface area contributed by atoms with E-state index in [4.69, 9.17) is 4.42 Å². The van der Waals surface area contributed by atoms with E-state index in [9.17, 15) is 4.79 Å². The van der Waals surface area contributed by atoms with Crippen molar-refractivity contribution in [2.24, 2.45) is 0 Å². The van der Waals surface area contributed by atoms with E-state index in [2.05, 4.69) is 36.7 Å². The first-order chi connectivity index (χ1) is 12.1. The molecule has 0 radical (unpaired) electrons. The average molecular weight is 342 g/mol. The van der Waals surface area contributed by atoms with Gasteiger partial charge in [0.1, 0.15) is 5.76 Å². The molecule has 4 heteroatoms. The number of nitrogens with zero attached hydrogens (tertiary/aromatic N) is 1. The average Bonchev–Trinajstić information content (AvgIpc) is 3.21. The maximum atomic E-state index is 12.7. The Hall–Kier alpha value is -1.97. The van der Waals surface area contributed by atoms with Gasteiger partial charge in [-0.15, -0.1) is 0 Å². The molecular weight excluding hydrogens is 312 g/mol. The fourth-order valence-corrected chi connectivity index (χ4v) is 4.10. The summed E-state index contributed by atoms with van der Waals surface area (Å²) >= 11 is 0. The van der Waals surface area contributed by atoms with Gasteiger partial charge >= 0.3 is 0 Å². The van der Waals surface area contributed by atoms with Crippen molar-refractivity contribution >= 4 is 5.91 Å². The molecule has 25 heavy (non-hydrogen) atoms. The van der Waals surface area contributed by atoms with Crippen LogP contribution in [0.3, 0.4) is 0 Å². The first kappa shape index (κ1) is 17.8. The molecule has 2 aromatic rings. The molecule has 0 spiro atoms. The molecule has 0 aromatic carbocycles. The number of hydrogen-bond donors (Lipinski definition) is 1. The zero-order chi connectivity index (χ0) is 17.8. The Bertz CT molecular complexity index is 694. The van der Waals surface area contributed by atoms with Crippen LogP contribution in [0.15, 0.2) is 28.9 Å². The molecule has 1 aliphatic carbocycles. The van der Waals surface area contributed by atoms with Gasteiger partial charge in [-0.1, -0.05) is 19.3 Å². The molecule has 1 atom stereocenters. The second-order valence-electron chi connectivity index (χ2n) is 7.44. The SMILES string of the molecule is Cc1cc(C(=O)NC(C)CCc2ccco2)c(C)n1C1CCCCC1. The summed E-state index contributed by atoms with van der Waals surface area (Å²) in [6, 6.07) is 6.62. The van der Waals surface area contributed by atoms with E-state index >= 15 is 0 Å². The predicted molar refractivity (Wildman–Crippen MR) is 100.0 cm³/mol. The molecule has 1 fully saturated rings. The van der Waals surface area contributed by atoms with Crippen LogP contribution in [0.4, 0.5) is 0 Å². The molecule has 1 saturated carbocycles. The molecular formula is C21H30N2O2. The summed E-state index contributed by atoms with van der Waals surface area (Å²) in [5, 5.41) is 3.15. The van der Waals surface area contributed by atoms with E-state index < -0.39 is 0 Å². The third-order valence-corrected chi connectivity index (χ3v) is 5.45. The van der Waals surface area contributed by atoms with Crippen molar-refractivity contribution in [1.82, 2.24) is 9.88 Å². The lowest BCUT2D eigenvalue weighted by molar-refractivity contribution is 0.0937. The third-order valence-electron chi connectivity index (χ3n) is 5.45. The second kappa shape index (κ2) is 7.94. The fourth-order valence-electron chi connectivity index (χ4n) is 4.10. The van der Waals surface area contributed by atoms with Crippen LogP contribution in [-0.4, -0.2) is 16.5 Å². The van der Waals surface area contributed by atoms with Gasteiger partial charge in [0, 0.05) is 29.9 Å². The Kier molecular flexibility index (Phi) is 5.67. The number of hydrogen-bond acceptors (Lipinski definition) is 2. The summed E-state index contributed by atoms with van der Waals surface area (Å²) in [7, 11) is 0. The molecule has 1 aliphatic rings. The van der Waals surface area contributed by atoms with Crippen molar-refractivity contribution in [3.05, 3.63) is 47.2 Å². The standard InChI is InChI=1S/C21H30N2O2/c1-15(11-12-19-10-7-13-25-19)22-21(24)20-14-16(2)23(17(20)3)18-8-5-4-6-9-18/h7,10,13-15,18H,4-6,8-9,11-12H2,1-3H3,(H,22,24). The number of rotatable bonds is 6. The Morgan fingerprint density at radius 2 is 2.08 bits per heavy atom. The highest BCUT2D eigenvalue weighted by atomic mass is 16.3. The van der Waals surface area contributed by atoms with Gasteiger partial charge in [-0.3, -0.25) is 4.79 Å². The van der Waals surface area contributed by atoms with Gasteiger partial charge in [-0.05, 0) is 58.2 Å². The Balaban J connectivity index is 1.63. The van der Waals surface area contributed by atoms with Crippen LogP contribution in [0, 0.1) is 13.8 Å². The summed E-state index contributed by atoms with van der Waals surface area (Å²) in [6.07, 6.45) is 9.82. The van der Waals surface area contributed by atoms with Crippen LogP contribution < -0.4 is 5.32 Å². The van der Waals surface area contributed by atoms with Crippen LogP contribution in [-0.2, 0) is 6.42 Å². The number of aryl methyl sites for hydroxylation is 2. The largest absolute Gasteiger partial charge is 0.469 e. The molecule has 0 bridgehead atoms. The van der Waals surface area contributed by atoms with Gasteiger partial charge in [0.05, 0.1) is 11.8 Å². The quantitative estimate of drug-likeness (QED) is 0.807. The number of nitrogens with one attached hydrogen (secondary N) is 1. The van der Waals surface area contributed by atoms with E-state index in [0.717, 1.165) is 29.9 Å². The highest BCUT2D eigenvalue weighted by Crippen LogP contribution is 2.32. The normalized spacial score (nSPS) is 16.8. The molecule has 3 rings (SSSR count). The Labute approximate surface area is 150 Å². The third kappa shape index (κ3) is 4.17. The summed E-state index contributed by atoms with van der Waals surface area (Å²) in [6.45, 7) is 6.27. The number of amides is 1. The van der Waals surface area contributed by atoms with Crippen LogP contribution in [0.5, 0.6) is 0 Å². The minimum absolute atomic E-state index is 0.0436. The summed E-state index contributed by atoms with van der Waals surface area (Å²) in [5.41, 5.74) is 3.14. The molecule has 0 saturated heterocycles. The Morgan fingerprint density at radius 3 is 2.76 bits per heavy atom. The zero-order valence-electron chi connectivity index (χ0n) is 15.7. The molecule has 4 nitrogen and oxygen atoms in total. The lowest BCUT2D eigenvalue weighted by Gasteiger charge is -2.26. The lowest BCUT2D eigenvalue weighted by Crippen LogP contribution is -2.33. The number of furan rings is 1. The lowest BCUT2D eigenvalue weighted by atomic mass is 9.95. The maximum absolute atomic E-state index is 12.7. The highest BCUT2D eigenvalue weighted by molar-refractivity contribution is 5.95. The molecule has 2 heterocycles. The van der Waals surface area contributed by atoms with Crippen molar-refractivity contribution < 1.29 is 9.21 Å². The topological polar surface area (TPSA) is 47.2 Å². The highest BCUT2D eigenvalue weighted by Gasteiger charge is 2.23. The smallest absolute Gasteiger partial charge is 0.253 e. The second-order valence-corrected chi connectivity index (χ2v) is 7.44. The molecule has 1 amide bonds. The van der Waals surface area contributed by atoms with Gasteiger partial charge in [0.15, 0.2) is 0 Å². The molecule has 0 aliphatic heterocycles. The first-order valence-corrected chi connectivity index (χ1v) is 9.58. The van der Waals surface area contributed by atoms with E-state index in [1.165, 1.54) is 37.8 Å². The number of carbonyl (C=O) groups is 1. The van der Waals surface area contributed by atoms with Gasteiger partial charge in [-0.25, -0.2) is 0 Å². The van der Waals surface area contributed by atoms with E-state index in [1.54, 1.807) is 6.26 Å². The maximum Gasteiger partial charge on any atom is 0.253 e. The monoisotopic (exact) mass is 342 g/mol. The van der Waals surface area contributed by atoms with E-state index in [1.807, 2.05) is 12.1 Å². The molecule has 1 unspecified atom stereocenters. The van der Waals surface area contributed by atoms with Crippen molar-refractivity contribution in [3.63, 3.8) is 0 Å². The number of aromatic nitrogens is 1. The number of carbonyl (C=O) groups excluding carboxylic acids is 1. The minimum Gasteiger partial charge on any atom is -0.469 e. The predicted octanol–water partition coefficient (Wildman–Crippen LogP) is 4.95. The zero-order valence-corrected chi connectivity index (χ0v) is 15.7. The van der Waals surface area contributed by atoms with Crippen molar-refractivity contribution in [2.45, 2.75) is 77.8 Å². The van der Waals surface area contributed by atoms with Crippen LogP contribution in [0.1, 0.15) is 79.0 Å². The van der Waals surface area contributed by atoms with Gasteiger partial charge in [0.25, 0.3) is 5.91 Å². The summed E-state index contributed by atoms with van der Waals surface area (Å²) in [4.78, 5) is 12.7. The van der Waals surface area contributed by atoms with Crippen LogP contribution >= 0.6 is 0 Å². The molecule has 136 valence electrons. The van der Waals surface area contributed by atoms with E-state index in [-0.39, 0.29) is 11.9 Å². The van der Waals surface area contributed by atoms with Gasteiger partial charge in [-0.2, -0.15) is 0 Å². The van der Waals surface area contributed by atoms with Gasteiger partial charge in [0.2, 0.25) is 0 Å². The van der Waals surface area contributed by atoms with E-state index in [0.29, 0.717) is 6.04 Å². The molecule has 1 N–H and O–H groups in total. The fraction of sp³-hybridized carbons (Fsp3) is 0.571.